The Morgan fingerprint density at radius 1 is 1.23 bits per heavy atom. The summed E-state index contributed by atoms with van der Waals surface area (Å²) in [5.41, 5.74) is 4.46. The summed E-state index contributed by atoms with van der Waals surface area (Å²) in [5, 5.41) is 4.42. The fraction of sp³-hybridized carbons (Fsp3) is 0.591. The standard InChI is InChI=1S/C22H31N3O/c1-2-6-15-9-11-20-18(13-15)19-14-16(10-12-21(19)25(20)23)22(26)24-17-7-4-3-5-8-17/h10,12,14-15,17H,2-9,11,13,23H2,1H3,(H,24,26). The minimum atomic E-state index is 0.0678. The lowest BCUT2D eigenvalue weighted by molar-refractivity contribution is 0.0928. The van der Waals surface area contributed by atoms with Crippen molar-refractivity contribution >= 4 is 16.8 Å². The summed E-state index contributed by atoms with van der Waals surface area (Å²) in [6, 6.07) is 6.37. The maximum atomic E-state index is 12.7. The molecule has 3 N–H and O–H groups in total. The van der Waals surface area contributed by atoms with Gasteiger partial charge < -0.3 is 11.2 Å². The molecule has 1 unspecified atom stereocenters. The van der Waals surface area contributed by atoms with E-state index in [0.717, 1.165) is 42.7 Å². The highest BCUT2D eigenvalue weighted by atomic mass is 16.1. The lowest BCUT2D eigenvalue weighted by atomic mass is 9.84. The van der Waals surface area contributed by atoms with E-state index < -0.39 is 0 Å². The molecule has 1 fully saturated rings. The first-order chi connectivity index (χ1) is 12.7. The molecule has 0 spiro atoms. The topological polar surface area (TPSA) is 60.0 Å². The van der Waals surface area contributed by atoms with Gasteiger partial charge in [0, 0.05) is 22.7 Å². The second-order valence-electron chi connectivity index (χ2n) is 8.23. The first-order valence-electron chi connectivity index (χ1n) is 10.4. The van der Waals surface area contributed by atoms with Crippen LogP contribution in [0.4, 0.5) is 0 Å². The van der Waals surface area contributed by atoms with Crippen molar-refractivity contribution < 1.29 is 4.79 Å². The molecule has 1 heterocycles. The van der Waals surface area contributed by atoms with Crippen molar-refractivity contribution in [2.24, 2.45) is 5.92 Å². The van der Waals surface area contributed by atoms with Crippen molar-refractivity contribution in [1.82, 2.24) is 9.99 Å². The molecule has 140 valence electrons. The normalized spacial score (nSPS) is 20.9. The number of carbonyl (C=O) groups excluding carboxylic acids is 1. The quantitative estimate of drug-likeness (QED) is 0.804. The molecule has 1 aromatic heterocycles. The summed E-state index contributed by atoms with van der Waals surface area (Å²) in [6.07, 6.45) is 11.9. The van der Waals surface area contributed by atoms with Crippen molar-refractivity contribution in [2.45, 2.75) is 77.2 Å². The number of nitrogens with two attached hydrogens (primary N) is 1. The Hall–Kier alpha value is -1.97. The van der Waals surface area contributed by atoms with Crippen LogP contribution in [0.25, 0.3) is 10.9 Å². The van der Waals surface area contributed by atoms with Gasteiger partial charge in [-0.25, -0.2) is 0 Å². The molecule has 2 aliphatic carbocycles. The highest BCUT2D eigenvalue weighted by Gasteiger charge is 2.25. The average Bonchev–Trinajstić information content (AvgIpc) is 2.94. The maximum absolute atomic E-state index is 12.7. The predicted molar refractivity (Wildman–Crippen MR) is 107 cm³/mol. The van der Waals surface area contributed by atoms with Crippen molar-refractivity contribution in [1.29, 1.82) is 0 Å². The Labute approximate surface area is 156 Å². The van der Waals surface area contributed by atoms with E-state index in [0.29, 0.717) is 6.04 Å². The number of hydrogen-bond acceptors (Lipinski definition) is 2. The van der Waals surface area contributed by atoms with E-state index in [1.165, 1.54) is 55.2 Å². The Kier molecular flexibility index (Phi) is 4.92. The fourth-order valence-electron chi connectivity index (χ4n) is 4.98. The van der Waals surface area contributed by atoms with E-state index in [1.54, 1.807) is 0 Å². The Morgan fingerprint density at radius 2 is 2.04 bits per heavy atom. The van der Waals surface area contributed by atoms with Gasteiger partial charge in [0.1, 0.15) is 0 Å². The van der Waals surface area contributed by atoms with Crippen LogP contribution in [0.5, 0.6) is 0 Å². The molecule has 26 heavy (non-hydrogen) atoms. The van der Waals surface area contributed by atoms with E-state index in [1.807, 2.05) is 16.8 Å². The number of rotatable bonds is 4. The molecular weight excluding hydrogens is 322 g/mol. The zero-order valence-electron chi connectivity index (χ0n) is 15.9. The van der Waals surface area contributed by atoms with E-state index >= 15 is 0 Å². The zero-order valence-corrected chi connectivity index (χ0v) is 15.9. The molecule has 0 bridgehead atoms. The van der Waals surface area contributed by atoms with Crippen molar-refractivity contribution in [2.75, 3.05) is 5.84 Å². The first kappa shape index (κ1) is 17.4. The van der Waals surface area contributed by atoms with Crippen LogP contribution in [0, 0.1) is 5.92 Å². The molecule has 2 aromatic rings. The van der Waals surface area contributed by atoms with Crippen LogP contribution in [0.1, 0.15) is 79.9 Å². The van der Waals surface area contributed by atoms with Crippen molar-refractivity contribution in [3.63, 3.8) is 0 Å². The molecule has 1 amide bonds. The van der Waals surface area contributed by atoms with Gasteiger partial charge in [0.25, 0.3) is 5.91 Å². The number of hydrogen-bond donors (Lipinski definition) is 2. The van der Waals surface area contributed by atoms with Crippen LogP contribution in [0.2, 0.25) is 0 Å². The summed E-state index contributed by atoms with van der Waals surface area (Å²) in [6.45, 7) is 2.26. The number of amides is 1. The monoisotopic (exact) mass is 353 g/mol. The van der Waals surface area contributed by atoms with Gasteiger partial charge in [0.15, 0.2) is 0 Å². The first-order valence-corrected chi connectivity index (χ1v) is 10.4. The number of nitrogen functional groups attached to an aromatic ring is 1. The van der Waals surface area contributed by atoms with Gasteiger partial charge in [0.05, 0.1) is 5.52 Å². The van der Waals surface area contributed by atoms with Gasteiger partial charge in [-0.3, -0.25) is 9.47 Å². The summed E-state index contributed by atoms with van der Waals surface area (Å²) < 4.78 is 1.86. The second-order valence-corrected chi connectivity index (χ2v) is 8.23. The minimum absolute atomic E-state index is 0.0678. The third-order valence-electron chi connectivity index (χ3n) is 6.40. The molecule has 2 aliphatic rings. The van der Waals surface area contributed by atoms with Crippen LogP contribution in [0.15, 0.2) is 18.2 Å². The summed E-state index contributed by atoms with van der Waals surface area (Å²) in [5.74, 6) is 7.19. The van der Waals surface area contributed by atoms with Gasteiger partial charge in [-0.15, -0.1) is 0 Å². The van der Waals surface area contributed by atoms with E-state index in [-0.39, 0.29) is 5.91 Å². The highest BCUT2D eigenvalue weighted by molar-refractivity contribution is 5.99. The van der Waals surface area contributed by atoms with Crippen molar-refractivity contribution in [3.05, 3.63) is 35.0 Å². The van der Waals surface area contributed by atoms with Gasteiger partial charge in [-0.05, 0) is 61.8 Å². The Bertz CT molecular complexity index is 801. The smallest absolute Gasteiger partial charge is 0.251 e. The molecule has 4 rings (SSSR count). The number of benzene rings is 1. The third-order valence-corrected chi connectivity index (χ3v) is 6.40. The summed E-state index contributed by atoms with van der Waals surface area (Å²) in [7, 11) is 0. The van der Waals surface area contributed by atoms with Gasteiger partial charge >= 0.3 is 0 Å². The summed E-state index contributed by atoms with van der Waals surface area (Å²) in [4.78, 5) is 12.7. The Balaban J connectivity index is 1.62. The van der Waals surface area contributed by atoms with Crippen molar-refractivity contribution in [3.8, 4) is 0 Å². The average molecular weight is 354 g/mol. The van der Waals surface area contributed by atoms with Crippen LogP contribution in [-0.4, -0.2) is 16.6 Å². The molecule has 0 radical (unpaired) electrons. The van der Waals surface area contributed by atoms with Crippen LogP contribution in [-0.2, 0) is 12.8 Å². The molecular formula is C22H31N3O. The molecule has 1 saturated carbocycles. The number of nitrogens with one attached hydrogen (secondary N) is 1. The lowest BCUT2D eigenvalue weighted by Gasteiger charge is -2.23. The maximum Gasteiger partial charge on any atom is 0.251 e. The number of carbonyl (C=O) groups is 1. The number of fused-ring (bicyclic) bond motifs is 3. The highest BCUT2D eigenvalue weighted by Crippen LogP contribution is 2.35. The van der Waals surface area contributed by atoms with E-state index in [4.69, 9.17) is 5.84 Å². The lowest BCUT2D eigenvalue weighted by Crippen LogP contribution is -2.36. The van der Waals surface area contributed by atoms with E-state index in [9.17, 15) is 4.79 Å². The molecule has 0 saturated heterocycles. The van der Waals surface area contributed by atoms with Gasteiger partial charge in [0.2, 0.25) is 0 Å². The molecule has 4 nitrogen and oxygen atoms in total. The predicted octanol–water partition coefficient (Wildman–Crippen LogP) is 4.32. The molecule has 0 aliphatic heterocycles. The molecule has 4 heteroatoms. The van der Waals surface area contributed by atoms with Crippen LogP contribution < -0.4 is 11.2 Å². The SMILES string of the molecule is CCCC1CCc2c(c3cc(C(=O)NC4CCCCC4)ccc3n2N)C1. The summed E-state index contributed by atoms with van der Waals surface area (Å²) >= 11 is 0. The fourth-order valence-corrected chi connectivity index (χ4v) is 4.98. The van der Waals surface area contributed by atoms with Crippen LogP contribution >= 0.6 is 0 Å². The second kappa shape index (κ2) is 7.34. The number of nitrogens with zero attached hydrogens (tertiary/aromatic N) is 1. The van der Waals surface area contributed by atoms with Crippen LogP contribution in [0.3, 0.4) is 0 Å². The largest absolute Gasteiger partial charge is 0.349 e. The molecule has 1 atom stereocenters. The van der Waals surface area contributed by atoms with E-state index in [2.05, 4.69) is 18.3 Å². The zero-order chi connectivity index (χ0) is 18.1. The third kappa shape index (κ3) is 3.22. The van der Waals surface area contributed by atoms with Gasteiger partial charge in [-0.1, -0.05) is 39.0 Å². The molecule has 1 aromatic carbocycles. The van der Waals surface area contributed by atoms with Gasteiger partial charge in [-0.2, -0.15) is 0 Å². The number of aromatic nitrogens is 1. The Morgan fingerprint density at radius 3 is 2.81 bits per heavy atom. The minimum Gasteiger partial charge on any atom is -0.349 e.